The van der Waals surface area contributed by atoms with Crippen molar-refractivity contribution in [3.8, 4) is 0 Å². The molecular formula is C13H18N4. The highest BCUT2D eigenvalue weighted by atomic mass is 15.2. The Morgan fingerprint density at radius 1 is 1.47 bits per heavy atom. The van der Waals surface area contributed by atoms with Gasteiger partial charge in [0.15, 0.2) is 0 Å². The van der Waals surface area contributed by atoms with Crippen LogP contribution in [-0.4, -0.2) is 14.8 Å². The summed E-state index contributed by atoms with van der Waals surface area (Å²) in [6.45, 7) is 5.00. The number of hydrogen-bond acceptors (Lipinski definition) is 3. The van der Waals surface area contributed by atoms with Crippen LogP contribution in [-0.2, 0) is 13.6 Å². The normalized spacial score (nSPS) is 12.6. The molecule has 0 fully saturated rings. The lowest BCUT2D eigenvalue weighted by Gasteiger charge is -2.12. The Bertz CT molecular complexity index is 490. The van der Waals surface area contributed by atoms with Gasteiger partial charge in [-0.15, -0.1) is 0 Å². The molecule has 2 rings (SSSR count). The fourth-order valence-electron chi connectivity index (χ4n) is 1.73. The van der Waals surface area contributed by atoms with E-state index in [0.29, 0.717) is 0 Å². The Morgan fingerprint density at radius 2 is 2.29 bits per heavy atom. The molecule has 1 unspecified atom stereocenters. The van der Waals surface area contributed by atoms with Crippen LogP contribution in [0.4, 0.5) is 0 Å². The van der Waals surface area contributed by atoms with Gasteiger partial charge in [0.05, 0.1) is 11.9 Å². The third-order valence-corrected chi connectivity index (χ3v) is 2.92. The van der Waals surface area contributed by atoms with Crippen molar-refractivity contribution >= 4 is 0 Å². The van der Waals surface area contributed by atoms with E-state index in [0.717, 1.165) is 12.2 Å². The zero-order valence-corrected chi connectivity index (χ0v) is 10.5. The molecule has 1 atom stereocenters. The van der Waals surface area contributed by atoms with Gasteiger partial charge in [-0.1, -0.05) is 6.07 Å². The summed E-state index contributed by atoms with van der Waals surface area (Å²) in [6.07, 6.45) is 5.75. The van der Waals surface area contributed by atoms with Gasteiger partial charge >= 0.3 is 0 Å². The molecule has 0 saturated heterocycles. The molecule has 0 spiro atoms. The first-order valence-electron chi connectivity index (χ1n) is 5.79. The van der Waals surface area contributed by atoms with E-state index in [-0.39, 0.29) is 6.04 Å². The highest BCUT2D eigenvalue weighted by Crippen LogP contribution is 2.11. The number of aryl methyl sites for hydroxylation is 2. The van der Waals surface area contributed by atoms with Crippen molar-refractivity contribution in [2.24, 2.45) is 7.05 Å². The first kappa shape index (κ1) is 11.8. The van der Waals surface area contributed by atoms with E-state index >= 15 is 0 Å². The van der Waals surface area contributed by atoms with Crippen LogP contribution in [0, 0.1) is 6.92 Å². The summed E-state index contributed by atoms with van der Waals surface area (Å²) in [5.41, 5.74) is 3.52. The maximum atomic E-state index is 4.37. The van der Waals surface area contributed by atoms with Crippen molar-refractivity contribution in [1.29, 1.82) is 0 Å². The monoisotopic (exact) mass is 230 g/mol. The van der Waals surface area contributed by atoms with Gasteiger partial charge in [-0.2, -0.15) is 5.10 Å². The van der Waals surface area contributed by atoms with Gasteiger partial charge in [-0.3, -0.25) is 9.67 Å². The minimum atomic E-state index is 0.283. The minimum absolute atomic E-state index is 0.283. The molecule has 2 aromatic rings. The van der Waals surface area contributed by atoms with Gasteiger partial charge in [0.1, 0.15) is 0 Å². The average Bonchev–Trinajstić information content (AvgIpc) is 2.74. The van der Waals surface area contributed by atoms with E-state index in [2.05, 4.69) is 35.3 Å². The number of hydrogen-bond donors (Lipinski definition) is 1. The van der Waals surface area contributed by atoms with Crippen molar-refractivity contribution in [2.75, 3.05) is 0 Å². The number of nitrogens with one attached hydrogen (secondary N) is 1. The van der Waals surface area contributed by atoms with Crippen LogP contribution in [0.5, 0.6) is 0 Å². The van der Waals surface area contributed by atoms with Crippen LogP contribution in [0.2, 0.25) is 0 Å². The van der Waals surface area contributed by atoms with E-state index < -0.39 is 0 Å². The van der Waals surface area contributed by atoms with Crippen molar-refractivity contribution in [3.05, 3.63) is 47.5 Å². The Morgan fingerprint density at radius 3 is 2.94 bits per heavy atom. The Hall–Kier alpha value is -1.68. The molecule has 0 radical (unpaired) electrons. The Labute approximate surface area is 102 Å². The largest absolute Gasteiger partial charge is 0.304 e. The van der Waals surface area contributed by atoms with E-state index in [1.807, 2.05) is 36.4 Å². The maximum Gasteiger partial charge on any atom is 0.0570 e. The summed E-state index contributed by atoms with van der Waals surface area (Å²) in [6, 6.07) is 4.33. The number of aromatic nitrogens is 3. The summed E-state index contributed by atoms with van der Waals surface area (Å²) in [5.74, 6) is 0. The second kappa shape index (κ2) is 5.10. The standard InChI is InChI=1S/C13H18N4/c1-10-5-4-6-14-13(10)8-15-11(2)12-7-16-17(3)9-12/h4-7,9,11,15H,8H2,1-3H3. The summed E-state index contributed by atoms with van der Waals surface area (Å²) in [5, 5.41) is 7.62. The fraction of sp³-hybridized carbons (Fsp3) is 0.385. The van der Waals surface area contributed by atoms with E-state index in [1.165, 1.54) is 11.1 Å². The SMILES string of the molecule is Cc1cccnc1CNC(C)c1cnn(C)c1. The molecule has 0 aliphatic rings. The smallest absolute Gasteiger partial charge is 0.0570 e. The molecule has 0 aromatic carbocycles. The third kappa shape index (κ3) is 2.91. The molecule has 90 valence electrons. The molecule has 4 heteroatoms. The summed E-state index contributed by atoms with van der Waals surface area (Å²) in [7, 11) is 1.93. The topological polar surface area (TPSA) is 42.7 Å². The number of rotatable bonds is 4. The summed E-state index contributed by atoms with van der Waals surface area (Å²) >= 11 is 0. The predicted octanol–water partition coefficient (Wildman–Crippen LogP) is 1.97. The molecular weight excluding hydrogens is 212 g/mol. The predicted molar refractivity (Wildman–Crippen MR) is 67.4 cm³/mol. The summed E-state index contributed by atoms with van der Waals surface area (Å²) in [4.78, 5) is 4.37. The fourth-order valence-corrected chi connectivity index (χ4v) is 1.73. The van der Waals surface area contributed by atoms with Crippen LogP contribution < -0.4 is 5.32 Å². The molecule has 1 N–H and O–H groups in total. The number of nitrogens with zero attached hydrogens (tertiary/aromatic N) is 3. The highest BCUT2D eigenvalue weighted by molar-refractivity contribution is 5.18. The van der Waals surface area contributed by atoms with Gasteiger partial charge < -0.3 is 5.32 Å². The van der Waals surface area contributed by atoms with E-state index in [1.54, 1.807) is 0 Å². The molecule has 0 amide bonds. The lowest BCUT2D eigenvalue weighted by molar-refractivity contribution is 0.565. The van der Waals surface area contributed by atoms with Crippen molar-refractivity contribution in [2.45, 2.75) is 26.4 Å². The average molecular weight is 230 g/mol. The van der Waals surface area contributed by atoms with Crippen LogP contribution in [0.3, 0.4) is 0 Å². The van der Waals surface area contributed by atoms with Crippen LogP contribution in [0.15, 0.2) is 30.7 Å². The van der Waals surface area contributed by atoms with Crippen LogP contribution in [0.1, 0.15) is 29.8 Å². The highest BCUT2D eigenvalue weighted by Gasteiger charge is 2.07. The summed E-state index contributed by atoms with van der Waals surface area (Å²) < 4.78 is 1.82. The zero-order valence-electron chi connectivity index (χ0n) is 10.5. The molecule has 0 aliphatic carbocycles. The van der Waals surface area contributed by atoms with Gasteiger partial charge in [0, 0.05) is 37.6 Å². The van der Waals surface area contributed by atoms with Gasteiger partial charge in [-0.25, -0.2) is 0 Å². The Balaban J connectivity index is 1.97. The molecule has 4 nitrogen and oxygen atoms in total. The molecule has 17 heavy (non-hydrogen) atoms. The second-order valence-corrected chi connectivity index (χ2v) is 4.32. The maximum absolute atomic E-state index is 4.37. The Kier molecular flexibility index (Phi) is 3.54. The quantitative estimate of drug-likeness (QED) is 0.873. The van der Waals surface area contributed by atoms with Gasteiger partial charge in [-0.05, 0) is 25.5 Å². The van der Waals surface area contributed by atoms with Gasteiger partial charge in [0.2, 0.25) is 0 Å². The lowest BCUT2D eigenvalue weighted by atomic mass is 10.1. The first-order chi connectivity index (χ1) is 8.16. The minimum Gasteiger partial charge on any atom is -0.304 e. The van der Waals surface area contributed by atoms with E-state index in [9.17, 15) is 0 Å². The van der Waals surface area contributed by atoms with Crippen LogP contribution in [0.25, 0.3) is 0 Å². The molecule has 2 heterocycles. The molecule has 2 aromatic heterocycles. The number of pyridine rings is 1. The lowest BCUT2D eigenvalue weighted by Crippen LogP contribution is -2.19. The second-order valence-electron chi connectivity index (χ2n) is 4.32. The van der Waals surface area contributed by atoms with Crippen LogP contribution >= 0.6 is 0 Å². The zero-order chi connectivity index (χ0) is 12.3. The van der Waals surface area contributed by atoms with Crippen molar-refractivity contribution in [1.82, 2.24) is 20.1 Å². The van der Waals surface area contributed by atoms with Crippen molar-refractivity contribution in [3.63, 3.8) is 0 Å². The van der Waals surface area contributed by atoms with E-state index in [4.69, 9.17) is 0 Å². The molecule has 0 saturated carbocycles. The molecule has 0 aliphatic heterocycles. The van der Waals surface area contributed by atoms with Crippen molar-refractivity contribution < 1.29 is 0 Å². The van der Waals surface area contributed by atoms with Gasteiger partial charge in [0.25, 0.3) is 0 Å². The third-order valence-electron chi connectivity index (χ3n) is 2.92. The molecule has 0 bridgehead atoms. The first-order valence-corrected chi connectivity index (χ1v) is 5.79.